The number of hydrogen-bond donors (Lipinski definition) is 1. The number of hydrogen-bond acceptors (Lipinski definition) is 4. The first-order chi connectivity index (χ1) is 7.86. The number of thiophene rings is 1. The summed E-state index contributed by atoms with van der Waals surface area (Å²) in [7, 11) is 0. The summed E-state index contributed by atoms with van der Waals surface area (Å²) in [6.45, 7) is 6.41. The Hall–Kier alpha value is -0.420. The van der Waals surface area contributed by atoms with Crippen LogP contribution in [0.4, 0.5) is 0 Å². The van der Waals surface area contributed by atoms with Gasteiger partial charge in [0.2, 0.25) is 0 Å². The minimum atomic E-state index is 0.324. The summed E-state index contributed by atoms with van der Waals surface area (Å²) in [6.07, 6.45) is 1.37. The standard InChI is InChI=1S/C12H19NO2S/c1-10-3-7-16-12(10)8-13-4-6-15-11-2-5-14-9-11/h3,7,11,13H,2,4-6,8-9H2,1H3. The lowest BCUT2D eigenvalue weighted by atomic mass is 10.3. The third-order valence-corrected chi connectivity index (χ3v) is 3.80. The van der Waals surface area contributed by atoms with Crippen molar-refractivity contribution in [2.24, 2.45) is 0 Å². The summed E-state index contributed by atoms with van der Waals surface area (Å²) in [5.41, 5.74) is 1.38. The molecule has 4 heteroatoms. The van der Waals surface area contributed by atoms with Gasteiger partial charge in [-0.25, -0.2) is 0 Å². The maximum Gasteiger partial charge on any atom is 0.0831 e. The topological polar surface area (TPSA) is 30.5 Å². The molecule has 0 aliphatic carbocycles. The molecular weight excluding hydrogens is 222 g/mol. The van der Waals surface area contributed by atoms with Gasteiger partial charge in [0.05, 0.1) is 19.3 Å². The summed E-state index contributed by atoms with van der Waals surface area (Å²) in [5.74, 6) is 0. The van der Waals surface area contributed by atoms with E-state index in [1.54, 1.807) is 0 Å². The molecule has 0 aromatic carbocycles. The van der Waals surface area contributed by atoms with Crippen molar-refractivity contribution in [2.45, 2.75) is 26.0 Å². The minimum absolute atomic E-state index is 0.324. The van der Waals surface area contributed by atoms with Crippen molar-refractivity contribution >= 4 is 11.3 Å². The van der Waals surface area contributed by atoms with Gasteiger partial charge in [-0.1, -0.05) is 0 Å². The number of aryl methyl sites for hydroxylation is 1. The zero-order valence-corrected chi connectivity index (χ0v) is 10.5. The zero-order chi connectivity index (χ0) is 11.2. The molecule has 0 saturated carbocycles. The van der Waals surface area contributed by atoms with E-state index in [1.165, 1.54) is 10.4 Å². The molecular formula is C12H19NO2S. The van der Waals surface area contributed by atoms with Gasteiger partial charge in [0.25, 0.3) is 0 Å². The average Bonchev–Trinajstić information content (AvgIpc) is 2.90. The molecule has 1 aromatic heterocycles. The second-order valence-electron chi connectivity index (χ2n) is 4.06. The lowest BCUT2D eigenvalue weighted by Crippen LogP contribution is -2.23. The van der Waals surface area contributed by atoms with Crippen molar-refractivity contribution < 1.29 is 9.47 Å². The highest BCUT2D eigenvalue weighted by Crippen LogP contribution is 2.14. The Balaban J connectivity index is 1.53. The van der Waals surface area contributed by atoms with Gasteiger partial charge >= 0.3 is 0 Å². The Morgan fingerprint density at radius 1 is 1.62 bits per heavy atom. The van der Waals surface area contributed by atoms with E-state index in [1.807, 2.05) is 11.3 Å². The first-order valence-corrected chi connectivity index (χ1v) is 6.67. The fourth-order valence-electron chi connectivity index (χ4n) is 1.73. The van der Waals surface area contributed by atoms with Crippen molar-refractivity contribution in [3.8, 4) is 0 Å². The molecule has 1 fully saturated rings. The van der Waals surface area contributed by atoms with Crippen LogP contribution in [0.15, 0.2) is 11.4 Å². The Labute approximate surface area is 101 Å². The summed E-state index contributed by atoms with van der Waals surface area (Å²) in [6, 6.07) is 2.16. The van der Waals surface area contributed by atoms with Crippen molar-refractivity contribution in [3.05, 3.63) is 21.9 Å². The van der Waals surface area contributed by atoms with E-state index in [9.17, 15) is 0 Å². The first-order valence-electron chi connectivity index (χ1n) is 5.79. The molecule has 90 valence electrons. The number of rotatable bonds is 6. The highest BCUT2D eigenvalue weighted by atomic mass is 32.1. The molecule has 1 saturated heterocycles. The Bertz CT molecular complexity index is 308. The Morgan fingerprint density at radius 2 is 2.56 bits per heavy atom. The molecule has 0 bridgehead atoms. The van der Waals surface area contributed by atoms with E-state index < -0.39 is 0 Å². The fourth-order valence-corrected chi connectivity index (χ4v) is 2.60. The van der Waals surface area contributed by atoms with E-state index in [0.29, 0.717) is 6.10 Å². The van der Waals surface area contributed by atoms with Crippen molar-refractivity contribution in [1.82, 2.24) is 5.32 Å². The van der Waals surface area contributed by atoms with Crippen LogP contribution in [0.25, 0.3) is 0 Å². The number of nitrogens with one attached hydrogen (secondary N) is 1. The van der Waals surface area contributed by atoms with Gasteiger partial charge < -0.3 is 14.8 Å². The molecule has 2 heterocycles. The summed E-state index contributed by atoms with van der Waals surface area (Å²) < 4.78 is 10.9. The van der Waals surface area contributed by atoms with Crippen LogP contribution in [-0.4, -0.2) is 32.5 Å². The highest BCUT2D eigenvalue weighted by Gasteiger charge is 2.15. The van der Waals surface area contributed by atoms with Gasteiger partial charge in [0.15, 0.2) is 0 Å². The molecule has 0 amide bonds. The molecule has 1 N–H and O–H groups in total. The maximum absolute atomic E-state index is 5.67. The normalized spacial score (nSPS) is 20.4. The van der Waals surface area contributed by atoms with Gasteiger partial charge in [-0.05, 0) is 30.4 Å². The summed E-state index contributed by atoms with van der Waals surface area (Å²) in [4.78, 5) is 1.42. The molecule has 16 heavy (non-hydrogen) atoms. The van der Waals surface area contributed by atoms with Crippen LogP contribution in [0.3, 0.4) is 0 Å². The van der Waals surface area contributed by atoms with Crippen molar-refractivity contribution in [1.29, 1.82) is 0 Å². The van der Waals surface area contributed by atoms with Gasteiger partial charge in [-0.3, -0.25) is 0 Å². The van der Waals surface area contributed by atoms with Crippen LogP contribution in [0.2, 0.25) is 0 Å². The Morgan fingerprint density at radius 3 is 3.25 bits per heavy atom. The molecule has 3 nitrogen and oxygen atoms in total. The molecule has 0 radical (unpaired) electrons. The quantitative estimate of drug-likeness (QED) is 0.772. The SMILES string of the molecule is Cc1ccsc1CNCCOC1CCOC1. The van der Waals surface area contributed by atoms with Gasteiger partial charge in [0, 0.05) is 24.6 Å². The second kappa shape index (κ2) is 6.35. The maximum atomic E-state index is 5.67. The van der Waals surface area contributed by atoms with Crippen LogP contribution < -0.4 is 5.32 Å². The van der Waals surface area contributed by atoms with Crippen molar-refractivity contribution in [3.63, 3.8) is 0 Å². The van der Waals surface area contributed by atoms with Crippen molar-refractivity contribution in [2.75, 3.05) is 26.4 Å². The largest absolute Gasteiger partial charge is 0.379 e. The highest BCUT2D eigenvalue weighted by molar-refractivity contribution is 7.10. The van der Waals surface area contributed by atoms with Gasteiger partial charge in [0.1, 0.15) is 0 Å². The van der Waals surface area contributed by atoms with E-state index in [4.69, 9.17) is 9.47 Å². The molecule has 1 aliphatic rings. The molecule has 1 unspecified atom stereocenters. The molecule has 1 aromatic rings. The summed E-state index contributed by atoms with van der Waals surface area (Å²) >= 11 is 1.81. The smallest absolute Gasteiger partial charge is 0.0831 e. The van der Waals surface area contributed by atoms with E-state index in [2.05, 4.69) is 23.7 Å². The van der Waals surface area contributed by atoms with Crippen LogP contribution >= 0.6 is 11.3 Å². The third-order valence-electron chi connectivity index (χ3n) is 2.77. The molecule has 1 aliphatic heterocycles. The second-order valence-corrected chi connectivity index (χ2v) is 5.06. The monoisotopic (exact) mass is 241 g/mol. The Kier molecular flexibility index (Phi) is 4.78. The first kappa shape index (κ1) is 12.0. The predicted octanol–water partition coefficient (Wildman–Crippen LogP) is 1.95. The van der Waals surface area contributed by atoms with E-state index in [-0.39, 0.29) is 0 Å². The number of ether oxygens (including phenoxy) is 2. The lowest BCUT2D eigenvalue weighted by molar-refractivity contribution is 0.0444. The van der Waals surface area contributed by atoms with Crippen LogP contribution in [0.5, 0.6) is 0 Å². The molecule has 2 rings (SSSR count). The predicted molar refractivity (Wildman–Crippen MR) is 65.9 cm³/mol. The fraction of sp³-hybridized carbons (Fsp3) is 0.667. The zero-order valence-electron chi connectivity index (χ0n) is 9.70. The van der Waals surface area contributed by atoms with Crippen LogP contribution in [-0.2, 0) is 16.0 Å². The van der Waals surface area contributed by atoms with Crippen LogP contribution in [0, 0.1) is 6.92 Å². The third kappa shape index (κ3) is 3.56. The average molecular weight is 241 g/mol. The molecule has 1 atom stereocenters. The van der Waals surface area contributed by atoms with E-state index >= 15 is 0 Å². The lowest BCUT2D eigenvalue weighted by Gasteiger charge is -2.10. The van der Waals surface area contributed by atoms with Gasteiger partial charge in [-0.2, -0.15) is 0 Å². The van der Waals surface area contributed by atoms with E-state index in [0.717, 1.165) is 39.3 Å². The molecule has 0 spiro atoms. The minimum Gasteiger partial charge on any atom is -0.379 e. The summed E-state index contributed by atoms with van der Waals surface area (Å²) in [5, 5.41) is 5.53. The van der Waals surface area contributed by atoms with Crippen LogP contribution in [0.1, 0.15) is 16.9 Å². The van der Waals surface area contributed by atoms with Gasteiger partial charge in [-0.15, -0.1) is 11.3 Å².